The Labute approximate surface area is 151 Å². The van der Waals surface area contributed by atoms with Gasteiger partial charge in [0.1, 0.15) is 11.4 Å². The van der Waals surface area contributed by atoms with Crippen LogP contribution in [0.25, 0.3) is 0 Å². The number of amides is 1. The zero-order valence-electron chi connectivity index (χ0n) is 14.7. The maximum atomic E-state index is 13.3. The summed E-state index contributed by atoms with van der Waals surface area (Å²) < 4.78 is 11.4. The van der Waals surface area contributed by atoms with Gasteiger partial charge in [-0.3, -0.25) is 4.79 Å². The normalized spacial score (nSPS) is 34.2. The third-order valence-electron chi connectivity index (χ3n) is 5.57. The first kappa shape index (κ1) is 16.8. The second-order valence-electron chi connectivity index (χ2n) is 7.20. The van der Waals surface area contributed by atoms with E-state index in [0.29, 0.717) is 17.9 Å². The fraction of sp³-hybridized carbons (Fsp3) is 0.400. The molecular formula is C20H20NO5-. The zero-order valence-corrected chi connectivity index (χ0v) is 14.7. The Hall–Kier alpha value is -2.60. The summed E-state index contributed by atoms with van der Waals surface area (Å²) in [5, 5.41) is 11.7. The minimum atomic E-state index is -1.25. The fourth-order valence-corrected chi connectivity index (χ4v) is 4.57. The van der Waals surface area contributed by atoms with E-state index < -0.39 is 29.5 Å². The van der Waals surface area contributed by atoms with Gasteiger partial charge in [0.15, 0.2) is 0 Å². The Kier molecular flexibility index (Phi) is 3.70. The van der Waals surface area contributed by atoms with E-state index in [4.69, 9.17) is 9.47 Å². The van der Waals surface area contributed by atoms with Crippen molar-refractivity contribution in [1.29, 1.82) is 0 Å². The second-order valence-corrected chi connectivity index (χ2v) is 7.20. The predicted octanol–water partition coefficient (Wildman–Crippen LogP) is 1.07. The number of carboxylic acid groups (broad SMARTS) is 1. The van der Waals surface area contributed by atoms with Gasteiger partial charge in [0.25, 0.3) is 0 Å². The molecule has 1 aromatic rings. The van der Waals surface area contributed by atoms with Crippen LogP contribution in [0.5, 0.6) is 5.75 Å². The molecule has 4 rings (SSSR count). The molecule has 0 unspecified atom stereocenters. The maximum absolute atomic E-state index is 13.3. The summed E-state index contributed by atoms with van der Waals surface area (Å²) in [6.45, 7) is 5.87. The lowest BCUT2D eigenvalue weighted by molar-refractivity contribution is -0.313. The smallest absolute Gasteiger partial charge is 0.234 e. The van der Waals surface area contributed by atoms with Crippen molar-refractivity contribution in [2.45, 2.75) is 31.1 Å². The van der Waals surface area contributed by atoms with E-state index in [0.717, 1.165) is 5.57 Å². The topological polar surface area (TPSA) is 78.9 Å². The lowest BCUT2D eigenvalue weighted by Gasteiger charge is -2.33. The third kappa shape index (κ3) is 2.15. The first-order chi connectivity index (χ1) is 12.4. The van der Waals surface area contributed by atoms with Gasteiger partial charge in [-0.1, -0.05) is 23.8 Å². The average molecular weight is 354 g/mol. The molecule has 3 aliphatic heterocycles. The largest absolute Gasteiger partial charge is 0.550 e. The molecular weight excluding hydrogens is 334 g/mol. The van der Waals surface area contributed by atoms with E-state index >= 15 is 0 Å². The highest BCUT2D eigenvalue weighted by Crippen LogP contribution is 2.56. The van der Waals surface area contributed by atoms with Crippen molar-refractivity contribution < 1.29 is 24.2 Å². The van der Waals surface area contributed by atoms with Crippen molar-refractivity contribution in [3.05, 3.63) is 48.6 Å². The lowest BCUT2D eigenvalue weighted by Crippen LogP contribution is -2.46. The maximum Gasteiger partial charge on any atom is 0.234 e. The number of hydrogen-bond donors (Lipinski definition) is 0. The van der Waals surface area contributed by atoms with Crippen LogP contribution in [0.4, 0.5) is 5.69 Å². The quantitative estimate of drug-likeness (QED) is 0.739. The van der Waals surface area contributed by atoms with Gasteiger partial charge >= 0.3 is 0 Å². The Morgan fingerprint density at radius 3 is 2.88 bits per heavy atom. The van der Waals surface area contributed by atoms with Crippen molar-refractivity contribution in [3.63, 3.8) is 0 Å². The zero-order chi connectivity index (χ0) is 18.6. The van der Waals surface area contributed by atoms with E-state index in [9.17, 15) is 14.7 Å². The van der Waals surface area contributed by atoms with Crippen LogP contribution >= 0.6 is 0 Å². The van der Waals surface area contributed by atoms with E-state index in [-0.39, 0.29) is 11.9 Å². The van der Waals surface area contributed by atoms with Crippen LogP contribution in [0.1, 0.15) is 13.3 Å². The van der Waals surface area contributed by atoms with Gasteiger partial charge in [0.2, 0.25) is 5.91 Å². The number of ether oxygens (including phenoxy) is 2. The number of carboxylic acids is 1. The molecule has 3 heterocycles. The molecule has 0 radical (unpaired) electrons. The molecule has 0 saturated carbocycles. The number of carbonyl (C=O) groups is 2. The molecule has 0 N–H and O–H groups in total. The standard InChI is InChI=1S/C20H21NO5/c1-11(2)9-15-20-8-7-14(26-20)16(19(23)24)17(20)18(22)21(15)12-5-4-6-13(10-12)25-3/h4-8,10,14-17H,1,9H2,2-3H3,(H,23,24)/p-1/t14-,15-,16-,17+,20-/m1/s1. The number of methoxy groups -OCH3 is 1. The number of rotatable bonds is 5. The van der Waals surface area contributed by atoms with Crippen LogP contribution in [0.3, 0.4) is 0 Å². The van der Waals surface area contributed by atoms with Gasteiger partial charge in [-0.2, -0.15) is 0 Å². The van der Waals surface area contributed by atoms with Crippen LogP contribution in [0.2, 0.25) is 0 Å². The molecule has 26 heavy (non-hydrogen) atoms. The van der Waals surface area contributed by atoms with Crippen molar-refractivity contribution in [2.24, 2.45) is 11.8 Å². The molecule has 2 fully saturated rings. The molecule has 6 nitrogen and oxygen atoms in total. The Morgan fingerprint density at radius 2 is 2.23 bits per heavy atom. The summed E-state index contributed by atoms with van der Waals surface area (Å²) >= 11 is 0. The van der Waals surface area contributed by atoms with Crippen molar-refractivity contribution >= 4 is 17.6 Å². The molecule has 1 amide bonds. The van der Waals surface area contributed by atoms with Crippen LogP contribution in [0, 0.1) is 11.8 Å². The number of carbonyl (C=O) groups excluding carboxylic acids is 2. The molecule has 2 saturated heterocycles. The van der Waals surface area contributed by atoms with Gasteiger partial charge in [-0.05, 0) is 25.5 Å². The molecule has 5 atom stereocenters. The van der Waals surface area contributed by atoms with Gasteiger partial charge < -0.3 is 24.3 Å². The number of anilines is 1. The molecule has 136 valence electrons. The summed E-state index contributed by atoms with van der Waals surface area (Å²) in [6, 6.07) is 6.81. The van der Waals surface area contributed by atoms with Crippen molar-refractivity contribution in [2.75, 3.05) is 12.0 Å². The third-order valence-corrected chi connectivity index (χ3v) is 5.57. The number of fused-ring (bicyclic) bond motifs is 1. The fourth-order valence-electron chi connectivity index (χ4n) is 4.57. The summed E-state index contributed by atoms with van der Waals surface area (Å²) in [5.74, 6) is -2.66. The van der Waals surface area contributed by atoms with Gasteiger partial charge in [0.05, 0.1) is 25.2 Å². The highest BCUT2D eigenvalue weighted by atomic mass is 16.5. The monoisotopic (exact) mass is 354 g/mol. The van der Waals surface area contributed by atoms with Gasteiger partial charge in [-0.25, -0.2) is 0 Å². The summed E-state index contributed by atoms with van der Waals surface area (Å²) in [6.07, 6.45) is 3.49. The Bertz CT molecular complexity index is 831. The van der Waals surface area contributed by atoms with Crippen LogP contribution < -0.4 is 14.7 Å². The van der Waals surface area contributed by atoms with Gasteiger partial charge in [0, 0.05) is 23.6 Å². The van der Waals surface area contributed by atoms with Crippen LogP contribution in [-0.4, -0.2) is 36.7 Å². The molecule has 6 heteroatoms. The van der Waals surface area contributed by atoms with Crippen molar-refractivity contribution in [1.82, 2.24) is 0 Å². The highest BCUT2D eigenvalue weighted by molar-refractivity contribution is 6.03. The van der Waals surface area contributed by atoms with E-state index in [1.165, 1.54) is 0 Å². The molecule has 0 aliphatic carbocycles. The number of hydrogen-bond acceptors (Lipinski definition) is 5. The number of benzene rings is 1. The van der Waals surface area contributed by atoms with Crippen molar-refractivity contribution in [3.8, 4) is 5.75 Å². The average Bonchev–Trinajstić information content (AvgIpc) is 3.24. The Balaban J connectivity index is 1.84. The van der Waals surface area contributed by atoms with E-state index in [2.05, 4.69) is 6.58 Å². The second kappa shape index (κ2) is 5.71. The highest BCUT2D eigenvalue weighted by Gasteiger charge is 2.69. The minimum Gasteiger partial charge on any atom is -0.550 e. The molecule has 1 spiro atoms. The first-order valence-corrected chi connectivity index (χ1v) is 8.58. The first-order valence-electron chi connectivity index (χ1n) is 8.58. The van der Waals surface area contributed by atoms with Gasteiger partial charge in [-0.15, -0.1) is 6.58 Å². The lowest BCUT2D eigenvalue weighted by atomic mass is 9.74. The van der Waals surface area contributed by atoms with Crippen LogP contribution in [0.15, 0.2) is 48.6 Å². The minimum absolute atomic E-state index is 0.259. The summed E-state index contributed by atoms with van der Waals surface area (Å²) in [7, 11) is 1.56. The number of aliphatic carboxylic acids is 1. The van der Waals surface area contributed by atoms with E-state index in [1.807, 2.05) is 19.1 Å². The summed E-state index contributed by atoms with van der Waals surface area (Å²) in [4.78, 5) is 26.7. The SMILES string of the molecule is C=C(C)C[C@H]1N(c2cccc(OC)c2)C(=O)[C@@H]2[C@H](C(=O)[O-])[C@H]3C=C[C@]21O3. The molecule has 3 aliphatic rings. The molecule has 0 aromatic heterocycles. The number of nitrogens with zero attached hydrogens (tertiary/aromatic N) is 1. The molecule has 1 aromatic carbocycles. The predicted molar refractivity (Wildman–Crippen MR) is 92.4 cm³/mol. The van der Waals surface area contributed by atoms with Crippen LogP contribution in [-0.2, 0) is 14.3 Å². The summed E-state index contributed by atoms with van der Waals surface area (Å²) in [5.41, 5.74) is 0.583. The molecule has 2 bridgehead atoms. The van der Waals surface area contributed by atoms with E-state index in [1.54, 1.807) is 36.3 Å². The Morgan fingerprint density at radius 1 is 1.46 bits per heavy atom.